The summed E-state index contributed by atoms with van der Waals surface area (Å²) in [5, 5.41) is 0. The van der Waals surface area contributed by atoms with Crippen molar-refractivity contribution in [2.24, 2.45) is 5.73 Å². The first-order valence-electron chi connectivity index (χ1n) is 6.47. The number of nitrogens with two attached hydrogens (primary N) is 1. The smallest absolute Gasteiger partial charge is 0.260 e. The van der Waals surface area contributed by atoms with Gasteiger partial charge in [0.15, 0.2) is 6.61 Å². The van der Waals surface area contributed by atoms with Crippen molar-refractivity contribution in [1.29, 1.82) is 0 Å². The summed E-state index contributed by atoms with van der Waals surface area (Å²) >= 11 is 0. The molecule has 0 aromatic heterocycles. The van der Waals surface area contributed by atoms with Gasteiger partial charge in [0.1, 0.15) is 11.5 Å². The van der Waals surface area contributed by atoms with Gasteiger partial charge in [0.25, 0.3) is 5.91 Å². The molecule has 1 rings (SSSR count). The molecule has 0 saturated carbocycles. The molecule has 0 radical (unpaired) electrons. The van der Waals surface area contributed by atoms with Gasteiger partial charge in [0.2, 0.25) is 0 Å². The zero-order valence-corrected chi connectivity index (χ0v) is 11.6. The molecule has 0 spiro atoms. The van der Waals surface area contributed by atoms with E-state index in [1.54, 1.807) is 24.1 Å². The molecular weight excluding hydrogens is 244 g/mol. The van der Waals surface area contributed by atoms with Crippen LogP contribution >= 0.6 is 0 Å². The van der Waals surface area contributed by atoms with Crippen molar-refractivity contribution in [1.82, 2.24) is 4.90 Å². The van der Waals surface area contributed by atoms with Gasteiger partial charge < -0.3 is 20.1 Å². The minimum absolute atomic E-state index is 0.0245. The van der Waals surface area contributed by atoms with Crippen LogP contribution in [0.5, 0.6) is 11.5 Å². The summed E-state index contributed by atoms with van der Waals surface area (Å²) in [7, 11) is 1.75. The molecule has 1 aromatic rings. The number of rotatable bonds is 8. The number of benzene rings is 1. The standard InChI is InChI=1S/C14H22N2O3/c1-3-18-12-6-4-7-13(10-12)19-11-14(17)16(2)9-5-8-15/h4,6-7,10H,3,5,8-9,11,15H2,1-2H3. The van der Waals surface area contributed by atoms with E-state index in [4.69, 9.17) is 15.2 Å². The molecule has 19 heavy (non-hydrogen) atoms. The fourth-order valence-corrected chi connectivity index (χ4v) is 1.53. The molecule has 106 valence electrons. The number of carbonyl (C=O) groups excluding carboxylic acids is 1. The van der Waals surface area contributed by atoms with Gasteiger partial charge in [-0.1, -0.05) is 6.07 Å². The highest BCUT2D eigenvalue weighted by molar-refractivity contribution is 5.77. The zero-order chi connectivity index (χ0) is 14.1. The molecule has 0 aliphatic carbocycles. The molecule has 0 bridgehead atoms. The summed E-state index contributed by atoms with van der Waals surface area (Å²) < 4.78 is 10.8. The number of amides is 1. The number of hydrogen-bond donors (Lipinski definition) is 1. The van der Waals surface area contributed by atoms with Gasteiger partial charge in [-0.25, -0.2) is 0 Å². The quantitative estimate of drug-likeness (QED) is 0.769. The second-order valence-corrected chi connectivity index (χ2v) is 4.15. The molecule has 0 unspecified atom stereocenters. The van der Waals surface area contributed by atoms with Crippen LogP contribution in [0.3, 0.4) is 0 Å². The lowest BCUT2D eigenvalue weighted by atomic mass is 10.3. The fraction of sp³-hybridized carbons (Fsp3) is 0.500. The topological polar surface area (TPSA) is 64.8 Å². The molecule has 5 nitrogen and oxygen atoms in total. The summed E-state index contributed by atoms with van der Waals surface area (Å²) in [4.78, 5) is 13.4. The molecule has 5 heteroatoms. The van der Waals surface area contributed by atoms with E-state index in [1.807, 2.05) is 19.1 Å². The van der Waals surface area contributed by atoms with E-state index >= 15 is 0 Å². The van der Waals surface area contributed by atoms with Crippen LogP contribution in [-0.4, -0.2) is 44.2 Å². The SMILES string of the molecule is CCOc1cccc(OCC(=O)N(C)CCCN)c1. The number of hydrogen-bond acceptors (Lipinski definition) is 4. The van der Waals surface area contributed by atoms with Crippen LogP contribution in [0.15, 0.2) is 24.3 Å². The van der Waals surface area contributed by atoms with Gasteiger partial charge in [-0.2, -0.15) is 0 Å². The number of carbonyl (C=O) groups is 1. The summed E-state index contributed by atoms with van der Waals surface area (Å²) in [5.41, 5.74) is 5.40. The van der Waals surface area contributed by atoms with E-state index in [-0.39, 0.29) is 12.5 Å². The lowest BCUT2D eigenvalue weighted by molar-refractivity contribution is -0.132. The lowest BCUT2D eigenvalue weighted by Crippen LogP contribution is -2.33. The highest BCUT2D eigenvalue weighted by atomic mass is 16.5. The van der Waals surface area contributed by atoms with E-state index in [0.29, 0.717) is 25.4 Å². The largest absolute Gasteiger partial charge is 0.494 e. The predicted octanol–water partition coefficient (Wildman–Crippen LogP) is 1.27. The Labute approximate surface area is 114 Å². The Hall–Kier alpha value is -1.75. The van der Waals surface area contributed by atoms with Crippen LogP contribution in [0.4, 0.5) is 0 Å². The molecule has 1 aromatic carbocycles. The summed E-state index contributed by atoms with van der Waals surface area (Å²) in [6, 6.07) is 7.26. The monoisotopic (exact) mass is 266 g/mol. The second kappa shape index (κ2) is 8.37. The Morgan fingerprint density at radius 1 is 1.32 bits per heavy atom. The minimum atomic E-state index is -0.0599. The van der Waals surface area contributed by atoms with Crippen molar-refractivity contribution < 1.29 is 14.3 Å². The van der Waals surface area contributed by atoms with Crippen LogP contribution in [0, 0.1) is 0 Å². The molecule has 0 aliphatic rings. The normalized spacial score (nSPS) is 10.1. The maximum absolute atomic E-state index is 11.8. The molecule has 1 amide bonds. The fourth-order valence-electron chi connectivity index (χ4n) is 1.53. The van der Waals surface area contributed by atoms with Crippen LogP contribution in [0.25, 0.3) is 0 Å². The Bertz CT molecular complexity index is 396. The van der Waals surface area contributed by atoms with Crippen LogP contribution < -0.4 is 15.2 Å². The molecule has 0 fully saturated rings. The van der Waals surface area contributed by atoms with Gasteiger partial charge >= 0.3 is 0 Å². The third kappa shape index (κ3) is 5.61. The van der Waals surface area contributed by atoms with Gasteiger partial charge in [-0.05, 0) is 32.0 Å². The second-order valence-electron chi connectivity index (χ2n) is 4.15. The average Bonchev–Trinajstić information content (AvgIpc) is 2.43. The van der Waals surface area contributed by atoms with E-state index in [1.165, 1.54) is 0 Å². The van der Waals surface area contributed by atoms with Crippen molar-refractivity contribution in [2.45, 2.75) is 13.3 Å². The third-order valence-electron chi connectivity index (χ3n) is 2.60. The Kier molecular flexibility index (Phi) is 6.74. The molecule has 0 aliphatic heterocycles. The van der Waals surface area contributed by atoms with Gasteiger partial charge in [0, 0.05) is 19.7 Å². The summed E-state index contributed by atoms with van der Waals surface area (Å²) in [6.45, 7) is 3.77. The Morgan fingerprint density at radius 3 is 2.63 bits per heavy atom. The molecule has 0 atom stereocenters. The number of ether oxygens (including phenoxy) is 2. The van der Waals surface area contributed by atoms with Crippen molar-refractivity contribution in [3.63, 3.8) is 0 Å². The zero-order valence-electron chi connectivity index (χ0n) is 11.6. The van der Waals surface area contributed by atoms with Crippen molar-refractivity contribution in [3.8, 4) is 11.5 Å². The minimum Gasteiger partial charge on any atom is -0.494 e. The molecule has 2 N–H and O–H groups in total. The first-order valence-corrected chi connectivity index (χ1v) is 6.47. The third-order valence-corrected chi connectivity index (χ3v) is 2.60. The first kappa shape index (κ1) is 15.3. The van der Waals surface area contributed by atoms with Crippen LogP contribution in [0.2, 0.25) is 0 Å². The van der Waals surface area contributed by atoms with E-state index in [9.17, 15) is 4.79 Å². The van der Waals surface area contributed by atoms with Crippen LogP contribution in [-0.2, 0) is 4.79 Å². The predicted molar refractivity (Wildman–Crippen MR) is 74.4 cm³/mol. The Morgan fingerprint density at radius 2 is 2.00 bits per heavy atom. The summed E-state index contributed by atoms with van der Waals surface area (Å²) in [6.07, 6.45) is 0.794. The Balaban J connectivity index is 2.43. The lowest BCUT2D eigenvalue weighted by Gasteiger charge is -2.17. The highest BCUT2D eigenvalue weighted by Gasteiger charge is 2.09. The maximum atomic E-state index is 11.8. The van der Waals surface area contributed by atoms with E-state index in [2.05, 4.69) is 0 Å². The number of nitrogens with zero attached hydrogens (tertiary/aromatic N) is 1. The number of likely N-dealkylation sites (N-methyl/N-ethyl adjacent to an activating group) is 1. The van der Waals surface area contributed by atoms with Gasteiger partial charge in [-0.15, -0.1) is 0 Å². The average molecular weight is 266 g/mol. The van der Waals surface area contributed by atoms with Crippen LogP contribution in [0.1, 0.15) is 13.3 Å². The molecule has 0 saturated heterocycles. The van der Waals surface area contributed by atoms with Crippen molar-refractivity contribution >= 4 is 5.91 Å². The van der Waals surface area contributed by atoms with Gasteiger partial charge in [0.05, 0.1) is 6.61 Å². The first-order chi connectivity index (χ1) is 9.17. The van der Waals surface area contributed by atoms with E-state index in [0.717, 1.165) is 12.2 Å². The van der Waals surface area contributed by atoms with Crippen molar-refractivity contribution in [3.05, 3.63) is 24.3 Å². The van der Waals surface area contributed by atoms with Crippen molar-refractivity contribution in [2.75, 3.05) is 33.4 Å². The maximum Gasteiger partial charge on any atom is 0.260 e. The molecular formula is C14H22N2O3. The van der Waals surface area contributed by atoms with E-state index < -0.39 is 0 Å². The van der Waals surface area contributed by atoms with Gasteiger partial charge in [-0.3, -0.25) is 4.79 Å². The molecule has 0 heterocycles. The summed E-state index contributed by atoms with van der Waals surface area (Å²) in [5.74, 6) is 1.31. The highest BCUT2D eigenvalue weighted by Crippen LogP contribution is 2.19.